The van der Waals surface area contributed by atoms with Crippen molar-refractivity contribution in [2.75, 3.05) is 0 Å². The van der Waals surface area contributed by atoms with Gasteiger partial charge in [-0.2, -0.15) is 16.3 Å². The van der Waals surface area contributed by atoms with Crippen molar-refractivity contribution in [3.05, 3.63) is 218 Å². The van der Waals surface area contributed by atoms with Gasteiger partial charge in [-0.1, -0.05) is 42.5 Å². The van der Waals surface area contributed by atoms with Crippen LogP contribution < -0.4 is 9.47 Å². The molecule has 0 atom stereocenters. The third-order valence-corrected chi connectivity index (χ3v) is 12.2. The number of hydrogen-bond acceptors (Lipinski definition) is 8. The van der Waals surface area contributed by atoms with Crippen LogP contribution in [0.15, 0.2) is 195 Å². The molecule has 14 aromatic rings. The molecule has 0 saturated heterocycles. The second kappa shape index (κ2) is 17.7. The van der Waals surface area contributed by atoms with Crippen LogP contribution in [0.1, 0.15) is 11.1 Å². The molecule has 0 aliphatic carbocycles. The van der Waals surface area contributed by atoms with Gasteiger partial charge < -0.3 is 13.9 Å². The fourth-order valence-electron chi connectivity index (χ4n) is 9.06. The number of aryl methyl sites for hydroxylation is 2. The first kappa shape index (κ1) is 43.2. The van der Waals surface area contributed by atoms with Crippen LogP contribution in [-0.4, -0.2) is 57.4 Å². The average molecular weight is 1110 g/mol. The van der Waals surface area contributed by atoms with Gasteiger partial charge in [0.25, 0.3) is 0 Å². The molecule has 0 N–H and O–H groups in total. The van der Waals surface area contributed by atoms with Crippen molar-refractivity contribution >= 4 is 55.7 Å². The van der Waals surface area contributed by atoms with Crippen LogP contribution in [0.2, 0.25) is 0 Å². The Kier molecular flexibility index (Phi) is 10.8. The Hall–Kier alpha value is -9.13. The van der Waals surface area contributed by atoms with E-state index in [4.69, 9.17) is 19.4 Å². The number of pyridine rings is 2. The van der Waals surface area contributed by atoms with E-state index in [1.807, 2.05) is 137 Å². The molecule has 0 unspecified atom stereocenters. The van der Waals surface area contributed by atoms with Gasteiger partial charge >= 0.3 is 21.1 Å². The summed E-state index contributed by atoms with van der Waals surface area (Å²) in [6.45, 7) is 4.17. The van der Waals surface area contributed by atoms with E-state index in [1.165, 1.54) is 0 Å². The number of aromatic nitrogens is 12. The summed E-state index contributed by atoms with van der Waals surface area (Å²) in [7, 11) is 0. The van der Waals surface area contributed by atoms with Gasteiger partial charge in [-0.05, 0) is 114 Å². The van der Waals surface area contributed by atoms with E-state index in [1.54, 1.807) is 29.5 Å². The third kappa shape index (κ3) is 7.58. The van der Waals surface area contributed by atoms with Crippen LogP contribution in [0.4, 0.5) is 0 Å². The number of rotatable bonds is 8. The third-order valence-electron chi connectivity index (χ3n) is 12.2. The number of para-hydroxylation sites is 2. The van der Waals surface area contributed by atoms with Crippen molar-refractivity contribution in [2.45, 2.75) is 13.8 Å². The minimum Gasteiger partial charge on any atom is -0.509 e. The molecule has 344 valence electrons. The smallest absolute Gasteiger partial charge is 0.509 e. The molecular formula is C56H38N12O2Pt. The molecule has 71 heavy (non-hydrogen) atoms. The summed E-state index contributed by atoms with van der Waals surface area (Å²) in [6.07, 6.45) is 10.8. The van der Waals surface area contributed by atoms with Crippen molar-refractivity contribution in [1.29, 1.82) is 0 Å². The molecule has 8 aromatic heterocycles. The molecule has 0 aliphatic heterocycles. The summed E-state index contributed by atoms with van der Waals surface area (Å²) in [5.41, 5.74) is 11.9. The molecule has 0 bridgehead atoms. The van der Waals surface area contributed by atoms with Crippen LogP contribution >= 0.6 is 0 Å². The normalized spacial score (nSPS) is 11.4. The average Bonchev–Trinajstić information content (AvgIpc) is 4.27. The topological polar surface area (TPSA) is 124 Å². The monoisotopic (exact) mass is 1110 g/mol. The maximum Gasteiger partial charge on any atom is 2.00 e. The second-order valence-corrected chi connectivity index (χ2v) is 16.6. The Bertz CT molecular complexity index is 3940. The number of fused-ring (bicyclic) bond motifs is 10. The number of nitrogens with zero attached hydrogens (tertiary/aromatic N) is 12. The van der Waals surface area contributed by atoms with Crippen LogP contribution in [0.3, 0.4) is 0 Å². The molecule has 0 amide bonds. The van der Waals surface area contributed by atoms with E-state index < -0.39 is 0 Å². The first-order chi connectivity index (χ1) is 34.5. The minimum absolute atomic E-state index is 0. The van der Waals surface area contributed by atoms with Crippen LogP contribution in [0, 0.1) is 26.0 Å². The Morgan fingerprint density at radius 3 is 1.76 bits per heavy atom. The van der Waals surface area contributed by atoms with Gasteiger partial charge in [0.1, 0.15) is 23.1 Å². The maximum absolute atomic E-state index is 6.29. The number of ether oxygens (including phenoxy) is 2. The molecular weight excluding hydrogens is 1070 g/mol. The number of benzene rings is 6. The van der Waals surface area contributed by atoms with Crippen LogP contribution in [0.25, 0.3) is 78.7 Å². The fraction of sp³-hybridized carbons (Fsp3) is 0.0357. The zero-order valence-corrected chi connectivity index (χ0v) is 40.2. The van der Waals surface area contributed by atoms with Crippen molar-refractivity contribution in [3.63, 3.8) is 0 Å². The predicted molar refractivity (Wildman–Crippen MR) is 269 cm³/mol. The molecule has 14 nitrogen and oxygen atoms in total. The first-order valence-electron chi connectivity index (χ1n) is 22.6. The van der Waals surface area contributed by atoms with E-state index in [-0.39, 0.29) is 21.1 Å². The van der Waals surface area contributed by atoms with Gasteiger partial charge in [0.2, 0.25) is 11.6 Å². The standard InChI is InChI=1S/C28H20N6O.C28H18N6O.Pt/c2*1-19-7-4-10-24-27(19)31-28-33(24)23-13-12-22(18-25(23)34(28)26-11-2-3-14-29-26)35-21-9-5-8-20(17-21)32-16-6-15-30-32;/h2-18H,1H3;2-16H,1H3;/q;-2;+2. The second-order valence-electron chi connectivity index (χ2n) is 16.6. The van der Waals surface area contributed by atoms with Crippen LogP contribution in [0.5, 0.6) is 23.0 Å². The SMILES string of the molecule is Cc1cccc2c1nc1n(-c3ccccn3)c3[c-]c(Oc4[c-]c(-n5cccn5)ccc4)ccc3n21.Cc1cccc2c1nc1n(-c3ccccn3)c3cc(Oc4cccc(-n5cccn5)c4)ccc3n21.[Pt+2]. The Morgan fingerprint density at radius 1 is 0.451 bits per heavy atom. The van der Waals surface area contributed by atoms with E-state index in [2.05, 4.69) is 102 Å². The molecule has 0 saturated carbocycles. The number of imidazole rings is 4. The van der Waals surface area contributed by atoms with E-state index in [0.717, 1.165) is 101 Å². The summed E-state index contributed by atoms with van der Waals surface area (Å²) < 4.78 is 24.5. The largest absolute Gasteiger partial charge is 2.00 e. The van der Waals surface area contributed by atoms with Crippen molar-refractivity contribution < 1.29 is 30.5 Å². The fourth-order valence-corrected chi connectivity index (χ4v) is 9.06. The predicted octanol–water partition coefficient (Wildman–Crippen LogP) is 11.8. The van der Waals surface area contributed by atoms with E-state index in [0.29, 0.717) is 11.5 Å². The van der Waals surface area contributed by atoms with E-state index >= 15 is 0 Å². The molecule has 0 radical (unpaired) electrons. The zero-order valence-electron chi connectivity index (χ0n) is 38.0. The van der Waals surface area contributed by atoms with Gasteiger partial charge in [0.05, 0.1) is 38.8 Å². The quantitative estimate of drug-likeness (QED) is 0.138. The summed E-state index contributed by atoms with van der Waals surface area (Å²) in [4.78, 5) is 19.2. The van der Waals surface area contributed by atoms with Crippen LogP contribution in [-0.2, 0) is 21.1 Å². The molecule has 0 spiro atoms. The summed E-state index contributed by atoms with van der Waals surface area (Å²) >= 11 is 0. The van der Waals surface area contributed by atoms with Crippen molar-refractivity contribution in [1.82, 2.24) is 57.4 Å². The zero-order chi connectivity index (χ0) is 46.7. The van der Waals surface area contributed by atoms with Gasteiger partial charge in [-0.15, -0.1) is 36.4 Å². The first-order valence-corrected chi connectivity index (χ1v) is 22.6. The Morgan fingerprint density at radius 2 is 1.07 bits per heavy atom. The summed E-state index contributed by atoms with van der Waals surface area (Å²) in [5, 5.41) is 8.58. The van der Waals surface area contributed by atoms with Gasteiger partial charge in [0.15, 0.2) is 0 Å². The van der Waals surface area contributed by atoms with Crippen molar-refractivity contribution in [3.8, 4) is 46.0 Å². The maximum atomic E-state index is 6.29. The van der Waals surface area contributed by atoms with Gasteiger partial charge in [-0.25, -0.2) is 24.6 Å². The molecule has 6 aromatic carbocycles. The van der Waals surface area contributed by atoms with Crippen molar-refractivity contribution in [2.24, 2.45) is 0 Å². The van der Waals surface area contributed by atoms with Gasteiger partial charge in [0, 0.05) is 60.8 Å². The molecule has 0 aliphatic rings. The van der Waals surface area contributed by atoms with E-state index in [9.17, 15) is 0 Å². The molecule has 14 rings (SSSR count). The molecule has 15 heteroatoms. The van der Waals surface area contributed by atoms with Gasteiger partial charge in [-0.3, -0.25) is 18.2 Å². The minimum atomic E-state index is 0. The molecule has 8 heterocycles. The Labute approximate surface area is 419 Å². The molecule has 0 fully saturated rings. The summed E-state index contributed by atoms with van der Waals surface area (Å²) in [6, 6.07) is 58.4. The Balaban J connectivity index is 0.000000144. The summed E-state index contributed by atoms with van der Waals surface area (Å²) in [5.74, 6) is 5.79. The number of hydrogen-bond donors (Lipinski definition) is 0.